The van der Waals surface area contributed by atoms with Gasteiger partial charge in [0.1, 0.15) is 0 Å². The Hall–Kier alpha value is -0.820. The predicted molar refractivity (Wildman–Crippen MR) is 92.7 cm³/mol. The number of rotatable bonds is 8. The minimum absolute atomic E-state index is 0.554. The number of aryl methyl sites for hydroxylation is 1. The lowest BCUT2D eigenvalue weighted by atomic mass is 9.84. The topological polar surface area (TPSA) is 12.0 Å². The normalized spacial score (nSPS) is 17.8. The van der Waals surface area contributed by atoms with E-state index >= 15 is 0 Å². The van der Waals surface area contributed by atoms with Crippen LogP contribution in [0.1, 0.15) is 82.4 Å². The molecular weight excluding hydrogens is 254 g/mol. The summed E-state index contributed by atoms with van der Waals surface area (Å²) in [5.74, 6) is 0.985. The number of hydrogen-bond acceptors (Lipinski definition) is 1. The van der Waals surface area contributed by atoms with E-state index in [0.717, 1.165) is 18.9 Å². The lowest BCUT2D eigenvalue weighted by molar-refractivity contribution is 0.314. The summed E-state index contributed by atoms with van der Waals surface area (Å²) in [5.41, 5.74) is 2.96. The van der Waals surface area contributed by atoms with Gasteiger partial charge in [-0.25, -0.2) is 0 Å². The minimum Gasteiger partial charge on any atom is -0.310 e. The Balaban J connectivity index is 1.95. The molecule has 1 unspecified atom stereocenters. The monoisotopic (exact) mass is 287 g/mol. The molecule has 2 rings (SSSR count). The highest BCUT2D eigenvalue weighted by Crippen LogP contribution is 2.30. The third-order valence-corrected chi connectivity index (χ3v) is 4.99. The van der Waals surface area contributed by atoms with Gasteiger partial charge in [-0.05, 0) is 49.3 Å². The van der Waals surface area contributed by atoms with E-state index in [1.807, 2.05) is 0 Å². The minimum atomic E-state index is 0.554. The molecule has 1 aromatic rings. The fourth-order valence-electron chi connectivity index (χ4n) is 3.61. The average Bonchev–Trinajstić information content (AvgIpc) is 2.56. The fourth-order valence-corrected chi connectivity index (χ4v) is 3.61. The molecule has 0 saturated heterocycles. The molecule has 1 aliphatic rings. The molecular formula is C20H33N. The van der Waals surface area contributed by atoms with Gasteiger partial charge in [-0.2, -0.15) is 0 Å². The van der Waals surface area contributed by atoms with E-state index in [0.29, 0.717) is 6.04 Å². The van der Waals surface area contributed by atoms with Crippen LogP contribution in [0.3, 0.4) is 0 Å². The van der Waals surface area contributed by atoms with E-state index in [1.165, 1.54) is 62.5 Å². The molecule has 0 spiro atoms. The average molecular weight is 287 g/mol. The SMILES string of the molecule is CCCNC(CCC1CCCCC1)c1cccc(CC)c1. The molecule has 1 heteroatoms. The van der Waals surface area contributed by atoms with Gasteiger partial charge in [-0.3, -0.25) is 0 Å². The molecule has 21 heavy (non-hydrogen) atoms. The highest BCUT2D eigenvalue weighted by molar-refractivity contribution is 5.26. The van der Waals surface area contributed by atoms with Gasteiger partial charge in [-0.1, -0.05) is 70.2 Å². The summed E-state index contributed by atoms with van der Waals surface area (Å²) in [4.78, 5) is 0. The zero-order chi connectivity index (χ0) is 14.9. The largest absolute Gasteiger partial charge is 0.310 e. The Kier molecular flexibility index (Phi) is 7.29. The molecule has 1 nitrogen and oxygen atoms in total. The van der Waals surface area contributed by atoms with Crippen molar-refractivity contribution >= 4 is 0 Å². The third kappa shape index (κ3) is 5.47. The van der Waals surface area contributed by atoms with E-state index < -0.39 is 0 Å². The van der Waals surface area contributed by atoms with E-state index in [1.54, 1.807) is 0 Å². The van der Waals surface area contributed by atoms with Crippen molar-refractivity contribution in [3.8, 4) is 0 Å². The molecule has 1 aromatic carbocycles. The predicted octanol–water partition coefficient (Wildman–Crippen LogP) is 5.65. The first-order valence-corrected chi connectivity index (χ1v) is 9.15. The third-order valence-electron chi connectivity index (χ3n) is 4.99. The molecule has 1 atom stereocenters. The molecule has 1 fully saturated rings. The van der Waals surface area contributed by atoms with E-state index in [4.69, 9.17) is 0 Å². The van der Waals surface area contributed by atoms with Crippen molar-refractivity contribution in [3.63, 3.8) is 0 Å². The van der Waals surface area contributed by atoms with Gasteiger partial charge in [0.15, 0.2) is 0 Å². The van der Waals surface area contributed by atoms with Crippen LogP contribution < -0.4 is 5.32 Å². The lowest BCUT2D eigenvalue weighted by Gasteiger charge is -2.25. The maximum Gasteiger partial charge on any atom is 0.0320 e. The van der Waals surface area contributed by atoms with Crippen molar-refractivity contribution in [2.45, 2.75) is 77.7 Å². The standard InChI is InChI=1S/C20H33N/c1-3-15-21-20(14-13-18-9-6-5-7-10-18)19-12-8-11-17(4-2)16-19/h8,11-12,16,18,20-21H,3-7,9-10,13-15H2,1-2H3. The van der Waals surface area contributed by atoms with Crippen molar-refractivity contribution in [1.29, 1.82) is 0 Å². The first-order chi connectivity index (χ1) is 10.3. The zero-order valence-electron chi connectivity index (χ0n) is 14.0. The number of hydrogen-bond donors (Lipinski definition) is 1. The van der Waals surface area contributed by atoms with Gasteiger partial charge in [0, 0.05) is 6.04 Å². The summed E-state index contributed by atoms with van der Waals surface area (Å²) in [7, 11) is 0. The summed E-state index contributed by atoms with van der Waals surface area (Å²) < 4.78 is 0. The van der Waals surface area contributed by atoms with Gasteiger partial charge in [-0.15, -0.1) is 0 Å². The second-order valence-corrected chi connectivity index (χ2v) is 6.69. The van der Waals surface area contributed by atoms with Gasteiger partial charge in [0.2, 0.25) is 0 Å². The van der Waals surface area contributed by atoms with Gasteiger partial charge in [0.25, 0.3) is 0 Å². The smallest absolute Gasteiger partial charge is 0.0320 e. The van der Waals surface area contributed by atoms with Gasteiger partial charge in [0.05, 0.1) is 0 Å². The van der Waals surface area contributed by atoms with E-state index in [2.05, 4.69) is 43.4 Å². The van der Waals surface area contributed by atoms with Gasteiger partial charge >= 0.3 is 0 Å². The van der Waals surface area contributed by atoms with Crippen LogP contribution in [-0.2, 0) is 6.42 Å². The molecule has 0 amide bonds. The summed E-state index contributed by atoms with van der Waals surface area (Å²) in [6.07, 6.45) is 12.4. The summed E-state index contributed by atoms with van der Waals surface area (Å²) in [6.45, 7) is 5.63. The van der Waals surface area contributed by atoms with Crippen LogP contribution in [0.5, 0.6) is 0 Å². The highest BCUT2D eigenvalue weighted by Gasteiger charge is 2.17. The molecule has 118 valence electrons. The molecule has 0 aliphatic heterocycles. The summed E-state index contributed by atoms with van der Waals surface area (Å²) in [5, 5.41) is 3.78. The van der Waals surface area contributed by atoms with Crippen molar-refractivity contribution in [3.05, 3.63) is 35.4 Å². The molecule has 1 N–H and O–H groups in total. The van der Waals surface area contributed by atoms with Crippen LogP contribution in [-0.4, -0.2) is 6.54 Å². The first-order valence-electron chi connectivity index (χ1n) is 9.15. The van der Waals surface area contributed by atoms with E-state index in [-0.39, 0.29) is 0 Å². The fraction of sp³-hybridized carbons (Fsp3) is 0.700. The lowest BCUT2D eigenvalue weighted by Crippen LogP contribution is -2.23. The maximum atomic E-state index is 3.78. The first kappa shape index (κ1) is 16.5. The van der Waals surface area contributed by atoms with Crippen LogP contribution in [0.2, 0.25) is 0 Å². The maximum absolute atomic E-state index is 3.78. The van der Waals surface area contributed by atoms with Crippen molar-refractivity contribution in [2.24, 2.45) is 5.92 Å². The Bertz CT molecular complexity index is 393. The van der Waals surface area contributed by atoms with Crippen LogP contribution in [0.4, 0.5) is 0 Å². The Labute approximate surface area is 131 Å². The van der Waals surface area contributed by atoms with E-state index in [9.17, 15) is 0 Å². The quantitative estimate of drug-likeness (QED) is 0.651. The summed E-state index contributed by atoms with van der Waals surface area (Å²) in [6, 6.07) is 9.76. The van der Waals surface area contributed by atoms with Crippen molar-refractivity contribution in [2.75, 3.05) is 6.54 Å². The Morgan fingerprint density at radius 1 is 1.14 bits per heavy atom. The van der Waals surface area contributed by atoms with Crippen LogP contribution in [0, 0.1) is 5.92 Å². The van der Waals surface area contributed by atoms with Crippen molar-refractivity contribution < 1.29 is 0 Å². The second kappa shape index (κ2) is 9.25. The van der Waals surface area contributed by atoms with Gasteiger partial charge < -0.3 is 5.32 Å². The number of nitrogens with one attached hydrogen (secondary N) is 1. The summed E-state index contributed by atoms with van der Waals surface area (Å²) >= 11 is 0. The highest BCUT2D eigenvalue weighted by atomic mass is 14.9. The van der Waals surface area contributed by atoms with Crippen LogP contribution >= 0.6 is 0 Å². The molecule has 0 aromatic heterocycles. The second-order valence-electron chi connectivity index (χ2n) is 6.69. The Morgan fingerprint density at radius 3 is 2.67 bits per heavy atom. The molecule has 0 heterocycles. The van der Waals surface area contributed by atoms with Crippen LogP contribution in [0.15, 0.2) is 24.3 Å². The molecule has 0 bridgehead atoms. The van der Waals surface area contributed by atoms with Crippen LogP contribution in [0.25, 0.3) is 0 Å². The molecule has 1 saturated carbocycles. The number of benzene rings is 1. The molecule has 0 radical (unpaired) electrons. The van der Waals surface area contributed by atoms with Crippen molar-refractivity contribution in [1.82, 2.24) is 5.32 Å². The molecule has 1 aliphatic carbocycles. The Morgan fingerprint density at radius 2 is 1.95 bits per heavy atom. The zero-order valence-corrected chi connectivity index (χ0v) is 14.0.